The second kappa shape index (κ2) is 8.85. The highest BCUT2D eigenvalue weighted by Crippen LogP contribution is 2.17. The van der Waals surface area contributed by atoms with E-state index in [1.54, 1.807) is 0 Å². The van der Waals surface area contributed by atoms with Crippen LogP contribution in [0.1, 0.15) is 30.4 Å². The number of hydrogen-bond donors (Lipinski definition) is 1. The molecule has 2 heteroatoms. The molecule has 23 heavy (non-hydrogen) atoms. The number of piperidine rings is 1. The minimum absolute atomic E-state index is 0.845. The van der Waals surface area contributed by atoms with Crippen molar-refractivity contribution in [1.29, 1.82) is 0 Å². The SMILES string of the molecule is c1ccc(CN(CCC2CCCNC2)Cc2ccccc2)cc1. The lowest BCUT2D eigenvalue weighted by molar-refractivity contribution is 0.222. The van der Waals surface area contributed by atoms with E-state index in [-0.39, 0.29) is 0 Å². The van der Waals surface area contributed by atoms with Crippen LogP contribution in [0.25, 0.3) is 0 Å². The van der Waals surface area contributed by atoms with E-state index < -0.39 is 0 Å². The molecule has 2 aromatic rings. The molecular weight excluding hydrogens is 280 g/mol. The van der Waals surface area contributed by atoms with Crippen LogP contribution in [-0.4, -0.2) is 24.5 Å². The molecule has 0 aromatic heterocycles. The molecule has 1 N–H and O–H groups in total. The standard InChI is InChI=1S/C21H28N2/c1-3-8-20(9-4-1)17-23(18-21-10-5-2-6-11-21)15-13-19-12-7-14-22-16-19/h1-6,8-11,19,22H,7,12-18H2. The number of nitrogens with one attached hydrogen (secondary N) is 1. The molecule has 3 rings (SSSR count). The summed E-state index contributed by atoms with van der Waals surface area (Å²) in [6.45, 7) is 5.65. The minimum atomic E-state index is 0.845. The average Bonchev–Trinajstić information content (AvgIpc) is 2.62. The summed E-state index contributed by atoms with van der Waals surface area (Å²) in [7, 11) is 0. The van der Waals surface area contributed by atoms with Gasteiger partial charge in [-0.3, -0.25) is 4.90 Å². The summed E-state index contributed by atoms with van der Waals surface area (Å²) in [5.41, 5.74) is 2.82. The summed E-state index contributed by atoms with van der Waals surface area (Å²) in [5, 5.41) is 3.54. The zero-order chi connectivity index (χ0) is 15.7. The summed E-state index contributed by atoms with van der Waals surface area (Å²) in [6, 6.07) is 21.7. The van der Waals surface area contributed by atoms with Gasteiger partial charge in [0, 0.05) is 13.1 Å². The monoisotopic (exact) mass is 308 g/mol. The second-order valence-electron chi connectivity index (χ2n) is 6.68. The Hall–Kier alpha value is -1.64. The van der Waals surface area contributed by atoms with E-state index in [0.717, 1.165) is 19.0 Å². The van der Waals surface area contributed by atoms with Crippen molar-refractivity contribution in [3.05, 3.63) is 71.8 Å². The molecule has 1 aliphatic rings. The third kappa shape index (κ3) is 5.49. The molecular formula is C21H28N2. The summed E-state index contributed by atoms with van der Waals surface area (Å²) in [6.07, 6.45) is 4.02. The van der Waals surface area contributed by atoms with Gasteiger partial charge in [0.05, 0.1) is 0 Å². The van der Waals surface area contributed by atoms with Gasteiger partial charge >= 0.3 is 0 Å². The molecule has 2 aromatic carbocycles. The predicted octanol–water partition coefficient (Wildman–Crippen LogP) is 4.08. The third-order valence-electron chi connectivity index (χ3n) is 4.75. The molecule has 0 aliphatic carbocycles. The molecule has 1 fully saturated rings. The first kappa shape index (κ1) is 16.2. The van der Waals surface area contributed by atoms with E-state index >= 15 is 0 Å². The van der Waals surface area contributed by atoms with Crippen LogP contribution in [0.5, 0.6) is 0 Å². The molecule has 2 nitrogen and oxygen atoms in total. The molecule has 0 bridgehead atoms. The predicted molar refractivity (Wildman–Crippen MR) is 97.2 cm³/mol. The van der Waals surface area contributed by atoms with Crippen molar-refractivity contribution in [2.75, 3.05) is 19.6 Å². The lowest BCUT2D eigenvalue weighted by Gasteiger charge is -2.27. The van der Waals surface area contributed by atoms with Crippen molar-refractivity contribution in [2.45, 2.75) is 32.4 Å². The Morgan fingerprint density at radius 3 is 2.00 bits per heavy atom. The third-order valence-corrected chi connectivity index (χ3v) is 4.75. The Kier molecular flexibility index (Phi) is 6.25. The zero-order valence-electron chi connectivity index (χ0n) is 14.0. The van der Waals surface area contributed by atoms with Crippen LogP contribution in [-0.2, 0) is 13.1 Å². The van der Waals surface area contributed by atoms with Gasteiger partial charge in [-0.1, -0.05) is 60.7 Å². The van der Waals surface area contributed by atoms with Gasteiger partial charge in [-0.25, -0.2) is 0 Å². The van der Waals surface area contributed by atoms with Gasteiger partial charge in [0.1, 0.15) is 0 Å². The topological polar surface area (TPSA) is 15.3 Å². The van der Waals surface area contributed by atoms with Crippen LogP contribution in [0.3, 0.4) is 0 Å². The van der Waals surface area contributed by atoms with Crippen molar-refractivity contribution in [1.82, 2.24) is 10.2 Å². The quantitative estimate of drug-likeness (QED) is 0.829. The maximum atomic E-state index is 3.54. The van der Waals surface area contributed by atoms with Crippen molar-refractivity contribution in [3.8, 4) is 0 Å². The normalized spacial score (nSPS) is 18.2. The molecule has 0 spiro atoms. The van der Waals surface area contributed by atoms with Crippen molar-refractivity contribution in [2.24, 2.45) is 5.92 Å². The van der Waals surface area contributed by atoms with Crippen LogP contribution in [0.4, 0.5) is 0 Å². The summed E-state index contributed by atoms with van der Waals surface area (Å²) in [4.78, 5) is 2.60. The Labute approximate surface area is 140 Å². The molecule has 1 heterocycles. The second-order valence-corrected chi connectivity index (χ2v) is 6.68. The molecule has 0 radical (unpaired) electrons. The highest BCUT2D eigenvalue weighted by Gasteiger charge is 2.15. The van der Waals surface area contributed by atoms with Gasteiger partial charge in [-0.15, -0.1) is 0 Å². The molecule has 1 unspecified atom stereocenters. The van der Waals surface area contributed by atoms with Gasteiger partial charge in [-0.05, 0) is 55.9 Å². The highest BCUT2D eigenvalue weighted by molar-refractivity contribution is 5.17. The first-order chi connectivity index (χ1) is 11.4. The van der Waals surface area contributed by atoms with Gasteiger partial charge in [0.2, 0.25) is 0 Å². The fourth-order valence-corrected chi connectivity index (χ4v) is 3.43. The van der Waals surface area contributed by atoms with E-state index in [0.29, 0.717) is 0 Å². The Morgan fingerprint density at radius 1 is 0.870 bits per heavy atom. The number of hydrogen-bond acceptors (Lipinski definition) is 2. The van der Waals surface area contributed by atoms with Crippen LogP contribution < -0.4 is 5.32 Å². The molecule has 1 atom stereocenters. The van der Waals surface area contributed by atoms with E-state index in [4.69, 9.17) is 0 Å². The summed E-state index contributed by atoms with van der Waals surface area (Å²) >= 11 is 0. The zero-order valence-corrected chi connectivity index (χ0v) is 14.0. The van der Waals surface area contributed by atoms with Gasteiger partial charge in [0.15, 0.2) is 0 Å². The van der Waals surface area contributed by atoms with Gasteiger partial charge < -0.3 is 5.32 Å². The smallest absolute Gasteiger partial charge is 0.0237 e. The minimum Gasteiger partial charge on any atom is -0.316 e. The van der Waals surface area contributed by atoms with Crippen molar-refractivity contribution < 1.29 is 0 Å². The average molecular weight is 308 g/mol. The maximum Gasteiger partial charge on any atom is 0.0237 e. The van der Waals surface area contributed by atoms with E-state index in [9.17, 15) is 0 Å². The fourth-order valence-electron chi connectivity index (χ4n) is 3.43. The largest absolute Gasteiger partial charge is 0.316 e. The molecule has 1 aliphatic heterocycles. The Morgan fingerprint density at radius 2 is 1.48 bits per heavy atom. The first-order valence-electron chi connectivity index (χ1n) is 8.91. The fraction of sp³-hybridized carbons (Fsp3) is 0.429. The highest BCUT2D eigenvalue weighted by atomic mass is 15.1. The van der Waals surface area contributed by atoms with Crippen LogP contribution >= 0.6 is 0 Å². The van der Waals surface area contributed by atoms with Crippen molar-refractivity contribution in [3.63, 3.8) is 0 Å². The molecule has 1 saturated heterocycles. The van der Waals surface area contributed by atoms with Crippen molar-refractivity contribution >= 4 is 0 Å². The lowest BCUT2D eigenvalue weighted by atomic mass is 9.96. The number of rotatable bonds is 7. The first-order valence-corrected chi connectivity index (χ1v) is 8.91. The molecule has 0 amide bonds. The van der Waals surface area contributed by atoms with E-state index in [2.05, 4.69) is 70.9 Å². The van der Waals surface area contributed by atoms with Crippen LogP contribution in [0, 0.1) is 5.92 Å². The van der Waals surface area contributed by atoms with Crippen LogP contribution in [0.15, 0.2) is 60.7 Å². The lowest BCUT2D eigenvalue weighted by Crippen LogP contribution is -2.33. The number of benzene rings is 2. The Balaban J connectivity index is 1.60. The Bertz CT molecular complexity index is 505. The summed E-state index contributed by atoms with van der Waals surface area (Å²) < 4.78 is 0. The van der Waals surface area contributed by atoms with Gasteiger partial charge in [-0.2, -0.15) is 0 Å². The van der Waals surface area contributed by atoms with Gasteiger partial charge in [0.25, 0.3) is 0 Å². The maximum absolute atomic E-state index is 3.54. The van der Waals surface area contributed by atoms with E-state index in [1.165, 1.54) is 50.0 Å². The molecule has 0 saturated carbocycles. The summed E-state index contributed by atoms with van der Waals surface area (Å²) in [5.74, 6) is 0.845. The van der Waals surface area contributed by atoms with Crippen LogP contribution in [0.2, 0.25) is 0 Å². The molecule has 122 valence electrons. The van der Waals surface area contributed by atoms with E-state index in [1.807, 2.05) is 0 Å². The number of nitrogens with zero attached hydrogens (tertiary/aromatic N) is 1.